The van der Waals surface area contributed by atoms with Crippen LogP contribution in [0.15, 0.2) is 48.5 Å². The third-order valence-corrected chi connectivity index (χ3v) is 4.79. The van der Waals surface area contributed by atoms with E-state index in [-0.39, 0.29) is 0 Å². The van der Waals surface area contributed by atoms with E-state index in [1.54, 1.807) is 0 Å². The normalized spacial score (nSPS) is 11.5. The number of benzene rings is 2. The lowest BCUT2D eigenvalue weighted by atomic mass is 10.1. The Morgan fingerprint density at radius 3 is 1.73 bits per heavy atom. The molecule has 0 aliphatic rings. The first kappa shape index (κ1) is 15.5. The highest BCUT2D eigenvalue weighted by Gasteiger charge is 2.08. The largest absolute Gasteiger partial charge is 0.340 e. The van der Waals surface area contributed by atoms with E-state index < -0.39 is 0 Å². The Kier molecular flexibility index (Phi) is 5.44. The molecule has 0 N–H and O–H groups in total. The van der Waals surface area contributed by atoms with E-state index in [1.165, 1.54) is 60.3 Å². The molecule has 0 fully saturated rings. The molecule has 3 rings (SSSR count). The summed E-state index contributed by atoms with van der Waals surface area (Å²) in [7, 11) is 0. The van der Waals surface area contributed by atoms with Crippen LogP contribution >= 0.6 is 12.6 Å². The Morgan fingerprint density at radius 1 is 0.636 bits per heavy atom. The minimum Gasteiger partial charge on any atom is -0.340 e. The number of thiol groups is 1. The van der Waals surface area contributed by atoms with Crippen LogP contribution in [-0.2, 0) is 6.54 Å². The van der Waals surface area contributed by atoms with Gasteiger partial charge in [-0.2, -0.15) is 12.6 Å². The SMILES string of the molecule is SCCCCCCCCn1c2ccccc2c2ccccc21. The van der Waals surface area contributed by atoms with E-state index in [0.717, 1.165) is 12.3 Å². The molecule has 0 aliphatic carbocycles. The van der Waals surface area contributed by atoms with E-state index in [4.69, 9.17) is 0 Å². The fourth-order valence-electron chi connectivity index (χ4n) is 3.33. The Bertz CT molecular complexity index is 675. The average Bonchev–Trinajstić information content (AvgIpc) is 2.89. The van der Waals surface area contributed by atoms with Gasteiger partial charge in [0.05, 0.1) is 0 Å². The van der Waals surface area contributed by atoms with E-state index in [2.05, 4.69) is 65.7 Å². The summed E-state index contributed by atoms with van der Waals surface area (Å²) in [5.41, 5.74) is 2.75. The maximum Gasteiger partial charge on any atom is 0.0491 e. The van der Waals surface area contributed by atoms with Crippen molar-refractivity contribution in [1.29, 1.82) is 0 Å². The van der Waals surface area contributed by atoms with Crippen LogP contribution in [0.1, 0.15) is 38.5 Å². The van der Waals surface area contributed by atoms with Crippen LogP contribution in [-0.4, -0.2) is 10.3 Å². The zero-order valence-electron chi connectivity index (χ0n) is 13.2. The second-order valence-electron chi connectivity index (χ2n) is 6.03. The van der Waals surface area contributed by atoms with Gasteiger partial charge < -0.3 is 4.57 Å². The van der Waals surface area contributed by atoms with Crippen LogP contribution in [0.3, 0.4) is 0 Å². The fraction of sp³-hybridized carbons (Fsp3) is 0.400. The number of aryl methyl sites for hydroxylation is 1. The summed E-state index contributed by atoms with van der Waals surface area (Å²) in [6.45, 7) is 1.13. The van der Waals surface area contributed by atoms with Crippen LogP contribution in [0, 0.1) is 0 Å². The Labute approximate surface area is 138 Å². The maximum absolute atomic E-state index is 4.27. The third-order valence-electron chi connectivity index (χ3n) is 4.47. The minimum absolute atomic E-state index is 1.03. The van der Waals surface area contributed by atoms with Gasteiger partial charge in [-0.25, -0.2) is 0 Å². The predicted octanol–water partition coefficient (Wildman–Crippen LogP) is 6.06. The van der Waals surface area contributed by atoms with E-state index >= 15 is 0 Å². The molecule has 22 heavy (non-hydrogen) atoms. The van der Waals surface area contributed by atoms with Crippen molar-refractivity contribution in [2.24, 2.45) is 0 Å². The van der Waals surface area contributed by atoms with Crippen molar-refractivity contribution in [2.75, 3.05) is 5.75 Å². The van der Waals surface area contributed by atoms with Gasteiger partial charge in [0.1, 0.15) is 0 Å². The molecule has 2 aromatic carbocycles. The monoisotopic (exact) mass is 311 g/mol. The number of aromatic nitrogens is 1. The Balaban J connectivity index is 1.70. The molecule has 0 bridgehead atoms. The summed E-state index contributed by atoms with van der Waals surface area (Å²) < 4.78 is 2.50. The third kappa shape index (κ3) is 3.33. The summed E-state index contributed by atoms with van der Waals surface area (Å²) in [5, 5.41) is 2.76. The topological polar surface area (TPSA) is 4.93 Å². The first-order chi connectivity index (χ1) is 10.9. The Morgan fingerprint density at radius 2 is 1.14 bits per heavy atom. The number of unbranched alkanes of at least 4 members (excludes halogenated alkanes) is 5. The zero-order valence-corrected chi connectivity index (χ0v) is 14.1. The standard InChI is InChI=1S/C20H25NS/c22-16-10-4-2-1-3-9-15-21-19-13-7-5-11-17(19)18-12-6-8-14-20(18)21/h5-8,11-14,22H,1-4,9-10,15-16H2. The first-order valence-electron chi connectivity index (χ1n) is 8.48. The molecule has 0 amide bonds. The molecule has 0 aliphatic heterocycles. The molecule has 2 heteroatoms. The number of hydrogen-bond acceptors (Lipinski definition) is 1. The van der Waals surface area contributed by atoms with Crippen molar-refractivity contribution in [3.8, 4) is 0 Å². The van der Waals surface area contributed by atoms with Gasteiger partial charge in [-0.05, 0) is 30.7 Å². The molecule has 0 spiro atoms. The van der Waals surface area contributed by atoms with Crippen molar-refractivity contribution in [1.82, 2.24) is 4.57 Å². The lowest BCUT2D eigenvalue weighted by molar-refractivity contribution is 0.572. The molecular weight excluding hydrogens is 286 g/mol. The van der Waals surface area contributed by atoms with Gasteiger partial charge in [0.15, 0.2) is 0 Å². The van der Waals surface area contributed by atoms with E-state index in [1.807, 2.05) is 0 Å². The lowest BCUT2D eigenvalue weighted by Gasteiger charge is -2.07. The summed E-state index contributed by atoms with van der Waals surface area (Å²) >= 11 is 4.27. The number of rotatable bonds is 8. The highest BCUT2D eigenvalue weighted by Crippen LogP contribution is 2.29. The molecule has 1 nitrogen and oxygen atoms in total. The summed E-state index contributed by atoms with van der Waals surface area (Å²) in [6, 6.07) is 17.6. The van der Waals surface area contributed by atoms with Crippen LogP contribution in [0.2, 0.25) is 0 Å². The van der Waals surface area contributed by atoms with Crippen LogP contribution in [0.5, 0.6) is 0 Å². The van der Waals surface area contributed by atoms with Gasteiger partial charge in [-0.1, -0.05) is 62.1 Å². The molecule has 3 aromatic rings. The van der Waals surface area contributed by atoms with Crippen LogP contribution in [0.25, 0.3) is 21.8 Å². The number of fused-ring (bicyclic) bond motifs is 3. The zero-order chi connectivity index (χ0) is 15.2. The first-order valence-corrected chi connectivity index (χ1v) is 9.12. The van der Waals surface area contributed by atoms with Crippen molar-refractivity contribution in [3.05, 3.63) is 48.5 Å². The fourth-order valence-corrected chi connectivity index (χ4v) is 3.56. The van der Waals surface area contributed by atoms with Crippen molar-refractivity contribution < 1.29 is 0 Å². The lowest BCUT2D eigenvalue weighted by Crippen LogP contribution is -1.97. The summed E-state index contributed by atoms with van der Waals surface area (Å²) in [6.07, 6.45) is 7.89. The van der Waals surface area contributed by atoms with Crippen molar-refractivity contribution in [2.45, 2.75) is 45.1 Å². The van der Waals surface area contributed by atoms with Crippen molar-refractivity contribution >= 4 is 34.4 Å². The van der Waals surface area contributed by atoms with Gasteiger partial charge in [0.2, 0.25) is 0 Å². The summed E-state index contributed by atoms with van der Waals surface area (Å²) in [5.74, 6) is 1.03. The van der Waals surface area contributed by atoms with Crippen molar-refractivity contribution in [3.63, 3.8) is 0 Å². The second kappa shape index (κ2) is 7.73. The molecule has 0 atom stereocenters. The van der Waals surface area contributed by atoms with Crippen LogP contribution in [0.4, 0.5) is 0 Å². The van der Waals surface area contributed by atoms with Gasteiger partial charge in [0, 0.05) is 28.4 Å². The molecule has 0 saturated carbocycles. The predicted molar refractivity (Wildman–Crippen MR) is 101 cm³/mol. The van der Waals surface area contributed by atoms with E-state index in [9.17, 15) is 0 Å². The number of para-hydroxylation sites is 2. The quantitative estimate of drug-likeness (QED) is 0.381. The average molecular weight is 311 g/mol. The highest BCUT2D eigenvalue weighted by atomic mass is 32.1. The number of hydrogen-bond donors (Lipinski definition) is 1. The van der Waals surface area contributed by atoms with Gasteiger partial charge >= 0.3 is 0 Å². The molecule has 1 aromatic heterocycles. The minimum atomic E-state index is 1.03. The van der Waals surface area contributed by atoms with Gasteiger partial charge in [-0.3, -0.25) is 0 Å². The van der Waals surface area contributed by atoms with Crippen LogP contribution < -0.4 is 0 Å². The molecule has 1 heterocycles. The molecule has 0 saturated heterocycles. The molecular formula is C20H25NS. The smallest absolute Gasteiger partial charge is 0.0491 e. The molecule has 0 unspecified atom stereocenters. The molecule has 0 radical (unpaired) electrons. The van der Waals surface area contributed by atoms with Gasteiger partial charge in [0.25, 0.3) is 0 Å². The Hall–Kier alpha value is -1.41. The van der Waals surface area contributed by atoms with Gasteiger partial charge in [-0.15, -0.1) is 0 Å². The highest BCUT2D eigenvalue weighted by molar-refractivity contribution is 7.80. The molecule has 116 valence electrons. The maximum atomic E-state index is 4.27. The van der Waals surface area contributed by atoms with E-state index in [0.29, 0.717) is 0 Å². The second-order valence-corrected chi connectivity index (χ2v) is 6.48. The number of nitrogens with zero attached hydrogens (tertiary/aromatic N) is 1. The summed E-state index contributed by atoms with van der Waals surface area (Å²) in [4.78, 5) is 0.